The van der Waals surface area contributed by atoms with Crippen molar-refractivity contribution >= 4 is 22.4 Å². The summed E-state index contributed by atoms with van der Waals surface area (Å²) in [4.78, 5) is 8.08. The van der Waals surface area contributed by atoms with Gasteiger partial charge in [0.1, 0.15) is 5.52 Å². The van der Waals surface area contributed by atoms with E-state index in [1.807, 2.05) is 41.8 Å². The molecule has 1 aromatic carbocycles. The van der Waals surface area contributed by atoms with Crippen LogP contribution in [0, 0.1) is 0 Å². The molecule has 0 spiro atoms. The van der Waals surface area contributed by atoms with Crippen LogP contribution in [0.25, 0.3) is 21.9 Å². The molecule has 0 radical (unpaired) electrons. The highest BCUT2D eigenvalue weighted by Gasteiger charge is 2.30. The SMILES string of the molecule is CC(c1nnc(-c2cccs2)o1)N1CCCC(c2nc3ccccc3o2)C1. The number of hydrogen-bond acceptors (Lipinski definition) is 7. The van der Waals surface area contributed by atoms with Gasteiger partial charge in [-0.05, 0) is 49.9 Å². The van der Waals surface area contributed by atoms with E-state index in [0.717, 1.165) is 47.8 Å². The monoisotopic (exact) mass is 380 g/mol. The van der Waals surface area contributed by atoms with Crippen LogP contribution in [-0.2, 0) is 0 Å². The number of para-hydroxylation sites is 2. The number of hydrogen-bond donors (Lipinski definition) is 0. The highest BCUT2D eigenvalue weighted by Crippen LogP contribution is 2.33. The number of piperidine rings is 1. The molecule has 1 aliphatic heterocycles. The van der Waals surface area contributed by atoms with Gasteiger partial charge in [0.15, 0.2) is 11.5 Å². The Labute approximate surface area is 160 Å². The largest absolute Gasteiger partial charge is 0.440 e. The van der Waals surface area contributed by atoms with Crippen molar-refractivity contribution in [2.75, 3.05) is 13.1 Å². The molecule has 2 atom stereocenters. The zero-order valence-corrected chi connectivity index (χ0v) is 15.9. The van der Waals surface area contributed by atoms with Gasteiger partial charge in [-0.25, -0.2) is 4.98 Å². The second-order valence-corrected chi connectivity index (χ2v) is 7.90. The lowest BCUT2D eigenvalue weighted by Gasteiger charge is -2.34. The van der Waals surface area contributed by atoms with Crippen molar-refractivity contribution in [3.63, 3.8) is 0 Å². The third-order valence-corrected chi connectivity index (χ3v) is 6.05. The molecule has 6 nitrogen and oxygen atoms in total. The third kappa shape index (κ3) is 3.17. The van der Waals surface area contributed by atoms with Crippen LogP contribution in [0.1, 0.15) is 43.5 Å². The molecule has 4 heterocycles. The second-order valence-electron chi connectivity index (χ2n) is 6.95. The van der Waals surface area contributed by atoms with Gasteiger partial charge in [0, 0.05) is 12.5 Å². The summed E-state index contributed by atoms with van der Waals surface area (Å²) in [7, 11) is 0. The molecule has 2 unspecified atom stereocenters. The van der Waals surface area contributed by atoms with Crippen LogP contribution in [0.15, 0.2) is 50.6 Å². The molecule has 3 aromatic heterocycles. The van der Waals surface area contributed by atoms with Crippen molar-refractivity contribution < 1.29 is 8.83 Å². The number of oxazole rings is 1. The van der Waals surface area contributed by atoms with E-state index in [4.69, 9.17) is 13.8 Å². The standard InChI is InChI=1S/C20H20N4O2S/c1-13(18-22-23-20(26-18)17-9-5-11-27-17)24-10-4-6-14(12-24)19-21-15-7-2-3-8-16(15)25-19/h2-3,5,7-9,11,13-14H,4,6,10,12H2,1H3. The average molecular weight is 380 g/mol. The number of aromatic nitrogens is 3. The maximum Gasteiger partial charge on any atom is 0.257 e. The quantitative estimate of drug-likeness (QED) is 0.503. The van der Waals surface area contributed by atoms with Crippen LogP contribution in [0.4, 0.5) is 0 Å². The Hall–Kier alpha value is -2.51. The Kier molecular flexibility index (Phi) is 4.26. The highest BCUT2D eigenvalue weighted by molar-refractivity contribution is 7.13. The van der Waals surface area contributed by atoms with Gasteiger partial charge in [0.25, 0.3) is 5.89 Å². The maximum atomic E-state index is 6.01. The molecule has 0 N–H and O–H groups in total. The number of benzene rings is 1. The fourth-order valence-electron chi connectivity index (χ4n) is 3.68. The Balaban J connectivity index is 1.34. The molecule has 7 heteroatoms. The Morgan fingerprint density at radius 3 is 2.93 bits per heavy atom. The fraction of sp³-hybridized carbons (Fsp3) is 0.350. The first-order chi connectivity index (χ1) is 13.3. The number of thiophene rings is 1. The van der Waals surface area contributed by atoms with E-state index in [9.17, 15) is 0 Å². The summed E-state index contributed by atoms with van der Waals surface area (Å²) in [6.07, 6.45) is 2.18. The van der Waals surface area contributed by atoms with E-state index in [2.05, 4.69) is 22.0 Å². The van der Waals surface area contributed by atoms with Gasteiger partial charge >= 0.3 is 0 Å². The first-order valence-electron chi connectivity index (χ1n) is 9.25. The molecule has 4 aromatic rings. The molecule has 0 saturated carbocycles. The van der Waals surface area contributed by atoms with Gasteiger partial charge in [0.2, 0.25) is 5.89 Å². The molecule has 1 fully saturated rings. The third-order valence-electron chi connectivity index (χ3n) is 5.19. The lowest BCUT2D eigenvalue weighted by atomic mass is 9.97. The minimum Gasteiger partial charge on any atom is -0.440 e. The molecule has 138 valence electrons. The van der Waals surface area contributed by atoms with Crippen LogP contribution in [0.2, 0.25) is 0 Å². The van der Waals surface area contributed by atoms with Gasteiger partial charge < -0.3 is 8.83 Å². The maximum absolute atomic E-state index is 6.01. The molecular weight excluding hydrogens is 360 g/mol. The van der Waals surface area contributed by atoms with Gasteiger partial charge in [0.05, 0.1) is 10.9 Å². The van der Waals surface area contributed by atoms with Gasteiger partial charge in [-0.15, -0.1) is 21.5 Å². The number of fused-ring (bicyclic) bond motifs is 1. The zero-order chi connectivity index (χ0) is 18.2. The highest BCUT2D eigenvalue weighted by atomic mass is 32.1. The Morgan fingerprint density at radius 2 is 2.07 bits per heavy atom. The Morgan fingerprint density at radius 1 is 1.15 bits per heavy atom. The predicted molar refractivity (Wildman–Crippen MR) is 104 cm³/mol. The molecule has 5 rings (SSSR count). The zero-order valence-electron chi connectivity index (χ0n) is 15.0. The van der Waals surface area contributed by atoms with Crippen molar-refractivity contribution in [1.82, 2.24) is 20.1 Å². The van der Waals surface area contributed by atoms with E-state index in [-0.39, 0.29) is 12.0 Å². The summed E-state index contributed by atoms with van der Waals surface area (Å²) < 4.78 is 11.9. The van der Waals surface area contributed by atoms with Gasteiger partial charge in [-0.3, -0.25) is 4.90 Å². The topological polar surface area (TPSA) is 68.2 Å². The number of rotatable bonds is 4. The summed E-state index contributed by atoms with van der Waals surface area (Å²) in [5.74, 6) is 2.38. The lowest BCUT2D eigenvalue weighted by molar-refractivity contribution is 0.131. The van der Waals surface area contributed by atoms with E-state index in [0.29, 0.717) is 11.8 Å². The minimum atomic E-state index is 0.0680. The van der Waals surface area contributed by atoms with Crippen molar-refractivity contribution in [3.05, 3.63) is 53.6 Å². The fourth-order valence-corrected chi connectivity index (χ4v) is 4.33. The van der Waals surface area contributed by atoms with Gasteiger partial charge in [-0.2, -0.15) is 0 Å². The molecular formula is C20H20N4O2S. The molecule has 27 heavy (non-hydrogen) atoms. The normalized spacial score (nSPS) is 19.5. The molecule has 0 bridgehead atoms. The van der Waals surface area contributed by atoms with E-state index >= 15 is 0 Å². The van der Waals surface area contributed by atoms with E-state index in [1.165, 1.54) is 0 Å². The number of likely N-dealkylation sites (tertiary alicyclic amines) is 1. The summed E-state index contributed by atoms with van der Waals surface area (Å²) >= 11 is 1.61. The van der Waals surface area contributed by atoms with E-state index in [1.54, 1.807) is 11.3 Å². The first kappa shape index (κ1) is 16.6. The van der Waals surface area contributed by atoms with E-state index < -0.39 is 0 Å². The molecule has 0 amide bonds. The summed E-state index contributed by atoms with van der Waals surface area (Å²) in [6.45, 7) is 4.01. The van der Waals surface area contributed by atoms with Crippen LogP contribution in [0.5, 0.6) is 0 Å². The predicted octanol–water partition coefficient (Wildman–Crippen LogP) is 4.88. The average Bonchev–Trinajstić information content (AvgIpc) is 3.47. The minimum absolute atomic E-state index is 0.0680. The van der Waals surface area contributed by atoms with Crippen LogP contribution in [-0.4, -0.2) is 33.2 Å². The molecule has 1 saturated heterocycles. The van der Waals surface area contributed by atoms with Crippen LogP contribution >= 0.6 is 11.3 Å². The first-order valence-corrected chi connectivity index (χ1v) is 10.1. The van der Waals surface area contributed by atoms with Crippen molar-refractivity contribution in [1.29, 1.82) is 0 Å². The summed E-state index contributed by atoms with van der Waals surface area (Å²) in [5.41, 5.74) is 1.78. The lowest BCUT2D eigenvalue weighted by Crippen LogP contribution is -2.36. The van der Waals surface area contributed by atoms with Gasteiger partial charge in [-0.1, -0.05) is 18.2 Å². The number of nitrogens with zero attached hydrogens (tertiary/aromatic N) is 4. The van der Waals surface area contributed by atoms with Crippen LogP contribution in [0.3, 0.4) is 0 Å². The van der Waals surface area contributed by atoms with Crippen molar-refractivity contribution in [3.8, 4) is 10.8 Å². The van der Waals surface area contributed by atoms with Crippen molar-refractivity contribution in [2.45, 2.75) is 31.7 Å². The summed E-state index contributed by atoms with van der Waals surface area (Å²) in [6, 6.07) is 12.0. The summed E-state index contributed by atoms with van der Waals surface area (Å²) in [5, 5.41) is 10.5. The Bertz CT molecular complexity index is 1010. The van der Waals surface area contributed by atoms with Crippen molar-refractivity contribution in [2.24, 2.45) is 0 Å². The smallest absolute Gasteiger partial charge is 0.257 e. The van der Waals surface area contributed by atoms with Crippen LogP contribution < -0.4 is 0 Å². The molecule has 1 aliphatic rings. The molecule has 0 aliphatic carbocycles. The second kappa shape index (κ2) is 6.90.